The number of aliphatic hydroxyl groups excluding tert-OH is 1. The molecule has 0 saturated heterocycles. The molecule has 1 aliphatic rings. The van der Waals surface area contributed by atoms with E-state index in [4.69, 9.17) is 0 Å². The van der Waals surface area contributed by atoms with Crippen LogP contribution in [0.3, 0.4) is 0 Å². The lowest BCUT2D eigenvalue weighted by molar-refractivity contribution is 0.282. The molecule has 0 saturated carbocycles. The second kappa shape index (κ2) is 4.99. The van der Waals surface area contributed by atoms with Crippen molar-refractivity contribution < 1.29 is 5.11 Å². The minimum Gasteiger partial charge on any atom is -0.392 e. The number of thiophene rings is 1. The molecule has 2 nitrogen and oxygen atoms in total. The van der Waals surface area contributed by atoms with Crippen LogP contribution in [0, 0.1) is 6.92 Å². The van der Waals surface area contributed by atoms with Gasteiger partial charge in [-0.15, -0.1) is 11.3 Å². The summed E-state index contributed by atoms with van der Waals surface area (Å²) >= 11 is 1.88. The summed E-state index contributed by atoms with van der Waals surface area (Å²) in [6, 6.07) is 8.96. The summed E-state index contributed by atoms with van der Waals surface area (Å²) < 4.78 is 0. The maximum atomic E-state index is 9.21. The van der Waals surface area contributed by atoms with Crippen molar-refractivity contribution in [3.63, 3.8) is 0 Å². The van der Waals surface area contributed by atoms with Crippen molar-refractivity contribution in [1.29, 1.82) is 0 Å². The van der Waals surface area contributed by atoms with Crippen molar-refractivity contribution in [3.05, 3.63) is 51.2 Å². The predicted octanol–water partition coefficient (Wildman–Crippen LogP) is 3.67. The van der Waals surface area contributed by atoms with Crippen LogP contribution in [0.5, 0.6) is 0 Å². The summed E-state index contributed by atoms with van der Waals surface area (Å²) in [5.74, 6) is 0. The van der Waals surface area contributed by atoms with Gasteiger partial charge in [-0.25, -0.2) is 0 Å². The van der Waals surface area contributed by atoms with Gasteiger partial charge in [0, 0.05) is 17.1 Å². The van der Waals surface area contributed by atoms with Gasteiger partial charge >= 0.3 is 0 Å². The first kappa shape index (κ1) is 12.7. The van der Waals surface area contributed by atoms with Crippen molar-refractivity contribution in [2.24, 2.45) is 0 Å². The molecule has 0 fully saturated rings. The Bertz CT molecular complexity index is 590. The number of nitrogens with zero attached hydrogens (tertiary/aromatic N) is 1. The SMILES string of the molecule is Cc1cc(CO)ccc1N1CCc2sccc2C1C. The van der Waals surface area contributed by atoms with E-state index in [2.05, 4.69) is 42.3 Å². The van der Waals surface area contributed by atoms with E-state index in [9.17, 15) is 5.11 Å². The normalized spacial score (nSPS) is 18.5. The molecule has 100 valence electrons. The number of hydrogen-bond donors (Lipinski definition) is 1. The van der Waals surface area contributed by atoms with Gasteiger partial charge in [-0.3, -0.25) is 0 Å². The fourth-order valence-electron chi connectivity index (χ4n) is 2.98. The van der Waals surface area contributed by atoms with Crippen molar-refractivity contribution >= 4 is 17.0 Å². The Morgan fingerprint density at radius 2 is 2.21 bits per heavy atom. The number of aryl methyl sites for hydroxylation is 1. The minimum absolute atomic E-state index is 0.116. The highest BCUT2D eigenvalue weighted by Gasteiger charge is 2.25. The standard InChI is InChI=1S/C16H19NOS/c1-11-9-13(10-18)3-4-15(11)17-7-5-16-14(12(17)2)6-8-19-16/h3-4,6,8-9,12,18H,5,7,10H2,1-2H3. The lowest BCUT2D eigenvalue weighted by Crippen LogP contribution is -2.33. The number of aliphatic hydroxyl groups is 1. The molecule has 1 N–H and O–H groups in total. The van der Waals surface area contributed by atoms with Crippen molar-refractivity contribution in [3.8, 4) is 0 Å². The molecule has 0 bridgehead atoms. The van der Waals surface area contributed by atoms with Gasteiger partial charge in [-0.1, -0.05) is 12.1 Å². The van der Waals surface area contributed by atoms with Gasteiger partial charge in [0.1, 0.15) is 0 Å². The molecule has 0 amide bonds. The second-order valence-corrected chi connectivity index (χ2v) is 6.20. The Balaban J connectivity index is 1.95. The van der Waals surface area contributed by atoms with E-state index in [1.165, 1.54) is 21.7 Å². The molecule has 3 heteroatoms. The Morgan fingerprint density at radius 3 is 2.95 bits per heavy atom. The van der Waals surface area contributed by atoms with E-state index < -0.39 is 0 Å². The zero-order valence-corrected chi connectivity index (χ0v) is 12.2. The second-order valence-electron chi connectivity index (χ2n) is 5.20. The molecular weight excluding hydrogens is 254 g/mol. The summed E-state index contributed by atoms with van der Waals surface area (Å²) in [6.45, 7) is 5.60. The van der Waals surface area contributed by atoms with Crippen LogP contribution in [-0.4, -0.2) is 11.7 Å². The smallest absolute Gasteiger partial charge is 0.0681 e. The lowest BCUT2D eigenvalue weighted by atomic mass is 9.99. The zero-order chi connectivity index (χ0) is 13.4. The van der Waals surface area contributed by atoms with Crippen LogP contribution < -0.4 is 4.90 Å². The molecule has 2 aromatic rings. The fourth-order valence-corrected chi connectivity index (χ4v) is 3.94. The van der Waals surface area contributed by atoms with Gasteiger partial charge in [-0.2, -0.15) is 0 Å². The molecule has 0 radical (unpaired) electrons. The van der Waals surface area contributed by atoms with E-state index in [1.807, 2.05) is 17.4 Å². The van der Waals surface area contributed by atoms with Gasteiger partial charge in [-0.05, 0) is 54.5 Å². The first-order valence-corrected chi connectivity index (χ1v) is 7.62. The Kier molecular flexibility index (Phi) is 3.33. The Hall–Kier alpha value is -1.32. The van der Waals surface area contributed by atoms with Crippen LogP contribution in [0.25, 0.3) is 0 Å². The van der Waals surface area contributed by atoms with Crippen LogP contribution in [-0.2, 0) is 13.0 Å². The van der Waals surface area contributed by atoms with Crippen LogP contribution in [0.15, 0.2) is 29.6 Å². The first-order chi connectivity index (χ1) is 9.20. The van der Waals surface area contributed by atoms with Crippen molar-refractivity contribution in [2.45, 2.75) is 32.9 Å². The van der Waals surface area contributed by atoms with Crippen LogP contribution in [0.4, 0.5) is 5.69 Å². The summed E-state index contributed by atoms with van der Waals surface area (Å²) in [6.07, 6.45) is 1.14. The number of anilines is 1. The molecule has 19 heavy (non-hydrogen) atoms. The maximum Gasteiger partial charge on any atom is 0.0681 e. The fraction of sp³-hybridized carbons (Fsp3) is 0.375. The summed E-state index contributed by atoms with van der Waals surface area (Å²) in [7, 11) is 0. The Morgan fingerprint density at radius 1 is 1.37 bits per heavy atom. The molecule has 0 aliphatic carbocycles. The third-order valence-electron chi connectivity index (χ3n) is 4.03. The highest BCUT2D eigenvalue weighted by Crippen LogP contribution is 2.37. The van der Waals surface area contributed by atoms with Gasteiger partial charge in [0.25, 0.3) is 0 Å². The highest BCUT2D eigenvalue weighted by atomic mass is 32.1. The van der Waals surface area contributed by atoms with Gasteiger partial charge < -0.3 is 10.0 Å². The summed E-state index contributed by atoms with van der Waals surface area (Å²) in [5, 5.41) is 11.4. The van der Waals surface area contributed by atoms with Crippen molar-refractivity contribution in [2.75, 3.05) is 11.4 Å². The number of rotatable bonds is 2. The molecule has 2 heterocycles. The topological polar surface area (TPSA) is 23.5 Å². The van der Waals surface area contributed by atoms with Crippen LogP contribution in [0.2, 0.25) is 0 Å². The predicted molar refractivity (Wildman–Crippen MR) is 80.9 cm³/mol. The zero-order valence-electron chi connectivity index (χ0n) is 11.4. The maximum absolute atomic E-state index is 9.21. The van der Waals surface area contributed by atoms with E-state index in [-0.39, 0.29) is 6.61 Å². The minimum atomic E-state index is 0.116. The van der Waals surface area contributed by atoms with Crippen LogP contribution >= 0.6 is 11.3 Å². The largest absolute Gasteiger partial charge is 0.392 e. The average molecular weight is 273 g/mol. The molecule has 1 aromatic carbocycles. The van der Waals surface area contributed by atoms with E-state index in [0.29, 0.717) is 6.04 Å². The Labute approximate surface area is 118 Å². The number of fused-ring (bicyclic) bond motifs is 1. The molecule has 1 aromatic heterocycles. The van der Waals surface area contributed by atoms with E-state index in [1.54, 1.807) is 0 Å². The average Bonchev–Trinajstić information content (AvgIpc) is 2.89. The number of hydrogen-bond acceptors (Lipinski definition) is 3. The lowest BCUT2D eigenvalue weighted by Gasteiger charge is -2.36. The quantitative estimate of drug-likeness (QED) is 0.902. The monoisotopic (exact) mass is 273 g/mol. The first-order valence-electron chi connectivity index (χ1n) is 6.74. The van der Waals surface area contributed by atoms with Gasteiger partial charge in [0.2, 0.25) is 0 Å². The third kappa shape index (κ3) is 2.17. The van der Waals surface area contributed by atoms with E-state index in [0.717, 1.165) is 18.5 Å². The molecule has 1 unspecified atom stereocenters. The third-order valence-corrected chi connectivity index (χ3v) is 5.03. The highest BCUT2D eigenvalue weighted by molar-refractivity contribution is 7.10. The van der Waals surface area contributed by atoms with Crippen LogP contribution in [0.1, 0.15) is 34.5 Å². The van der Waals surface area contributed by atoms with Gasteiger partial charge in [0.05, 0.1) is 12.6 Å². The molecule has 1 aliphatic heterocycles. The molecule has 3 rings (SSSR count). The van der Waals surface area contributed by atoms with Gasteiger partial charge in [0.15, 0.2) is 0 Å². The summed E-state index contributed by atoms with van der Waals surface area (Å²) in [5.41, 5.74) is 5.00. The van der Waals surface area contributed by atoms with Crippen molar-refractivity contribution in [1.82, 2.24) is 0 Å². The molecule has 0 spiro atoms. The summed E-state index contributed by atoms with van der Waals surface area (Å²) in [4.78, 5) is 4.01. The molecular formula is C16H19NOS. The number of benzene rings is 1. The molecule has 1 atom stereocenters. The van der Waals surface area contributed by atoms with E-state index >= 15 is 0 Å².